The van der Waals surface area contributed by atoms with Crippen molar-refractivity contribution < 1.29 is 4.79 Å². The second-order valence-electron chi connectivity index (χ2n) is 3.89. The molecule has 0 aromatic heterocycles. The number of hydrogen-bond acceptors (Lipinski definition) is 3. The zero-order valence-electron chi connectivity index (χ0n) is 10.1. The van der Waals surface area contributed by atoms with E-state index >= 15 is 0 Å². The van der Waals surface area contributed by atoms with Crippen LogP contribution in [0.1, 0.15) is 6.42 Å². The summed E-state index contributed by atoms with van der Waals surface area (Å²) in [5.74, 6) is 0.135. The summed E-state index contributed by atoms with van der Waals surface area (Å²) in [6.07, 6.45) is 2.76. The van der Waals surface area contributed by atoms with Crippen molar-refractivity contribution >= 4 is 5.91 Å². The van der Waals surface area contributed by atoms with E-state index in [0.717, 1.165) is 19.5 Å². The number of likely N-dealkylation sites (N-methyl/N-ethyl adjacent to an activating group) is 1. The maximum atomic E-state index is 11.5. The van der Waals surface area contributed by atoms with E-state index in [4.69, 9.17) is 0 Å². The maximum Gasteiger partial charge on any atom is 0.236 e. The van der Waals surface area contributed by atoms with Gasteiger partial charge in [0.05, 0.1) is 6.54 Å². The number of nitrogens with one attached hydrogen (secondary N) is 1. The average molecular weight is 213 g/mol. The molecule has 0 aromatic carbocycles. The van der Waals surface area contributed by atoms with Crippen LogP contribution in [0.3, 0.4) is 0 Å². The minimum atomic E-state index is 0.135. The van der Waals surface area contributed by atoms with Crippen LogP contribution in [0.2, 0.25) is 0 Å². The third-order valence-electron chi connectivity index (χ3n) is 2.09. The Morgan fingerprint density at radius 2 is 2.00 bits per heavy atom. The number of rotatable bonds is 8. The van der Waals surface area contributed by atoms with Gasteiger partial charge in [-0.2, -0.15) is 0 Å². The highest BCUT2D eigenvalue weighted by molar-refractivity contribution is 5.77. The second-order valence-corrected chi connectivity index (χ2v) is 3.89. The molecule has 0 rings (SSSR count). The molecule has 0 fully saturated rings. The van der Waals surface area contributed by atoms with Crippen molar-refractivity contribution in [3.63, 3.8) is 0 Å². The van der Waals surface area contributed by atoms with Gasteiger partial charge < -0.3 is 15.1 Å². The standard InChI is InChI=1S/C11H23N3O/c1-5-7-12-10-11(15)14(4)9-6-8-13(2)3/h5,12H,1,6-10H2,2-4H3. The minimum Gasteiger partial charge on any atom is -0.345 e. The first kappa shape index (κ1) is 14.1. The fraction of sp³-hybridized carbons (Fsp3) is 0.727. The zero-order chi connectivity index (χ0) is 11.7. The summed E-state index contributed by atoms with van der Waals surface area (Å²) in [4.78, 5) is 15.4. The minimum absolute atomic E-state index is 0.135. The van der Waals surface area contributed by atoms with E-state index in [-0.39, 0.29) is 5.91 Å². The molecule has 0 saturated heterocycles. The summed E-state index contributed by atoms with van der Waals surface area (Å²) in [5.41, 5.74) is 0. The van der Waals surface area contributed by atoms with E-state index in [1.807, 2.05) is 21.1 Å². The molecule has 0 radical (unpaired) electrons. The summed E-state index contributed by atoms with van der Waals surface area (Å²) in [5, 5.41) is 3.00. The van der Waals surface area contributed by atoms with Crippen LogP contribution in [0.25, 0.3) is 0 Å². The van der Waals surface area contributed by atoms with Crippen molar-refractivity contribution in [1.29, 1.82) is 0 Å². The predicted octanol–water partition coefficient (Wildman–Crippen LogP) is 0.172. The number of hydrogen-bond donors (Lipinski definition) is 1. The topological polar surface area (TPSA) is 35.6 Å². The summed E-state index contributed by atoms with van der Waals surface area (Å²) in [7, 11) is 5.91. The van der Waals surface area contributed by atoms with Gasteiger partial charge in [0.1, 0.15) is 0 Å². The Kier molecular flexibility index (Phi) is 7.95. The normalized spacial score (nSPS) is 10.4. The van der Waals surface area contributed by atoms with Gasteiger partial charge in [0.15, 0.2) is 0 Å². The van der Waals surface area contributed by atoms with Gasteiger partial charge in [0.2, 0.25) is 5.91 Å². The Balaban J connectivity index is 3.55. The summed E-state index contributed by atoms with van der Waals surface area (Å²) in [6.45, 7) is 6.47. The smallest absolute Gasteiger partial charge is 0.236 e. The molecule has 0 aromatic rings. The number of carbonyl (C=O) groups is 1. The van der Waals surface area contributed by atoms with Crippen LogP contribution < -0.4 is 5.32 Å². The molecule has 0 saturated carbocycles. The van der Waals surface area contributed by atoms with E-state index < -0.39 is 0 Å². The molecule has 0 atom stereocenters. The van der Waals surface area contributed by atoms with E-state index in [2.05, 4.69) is 16.8 Å². The van der Waals surface area contributed by atoms with Gasteiger partial charge in [0, 0.05) is 20.1 Å². The fourth-order valence-corrected chi connectivity index (χ4v) is 1.16. The van der Waals surface area contributed by atoms with Gasteiger partial charge in [-0.05, 0) is 27.1 Å². The monoisotopic (exact) mass is 213 g/mol. The highest BCUT2D eigenvalue weighted by atomic mass is 16.2. The zero-order valence-corrected chi connectivity index (χ0v) is 10.1. The van der Waals surface area contributed by atoms with Gasteiger partial charge in [-0.25, -0.2) is 0 Å². The SMILES string of the molecule is C=CCNCC(=O)N(C)CCCN(C)C. The van der Waals surface area contributed by atoms with Crippen LogP contribution in [0, 0.1) is 0 Å². The van der Waals surface area contributed by atoms with Crippen LogP contribution >= 0.6 is 0 Å². The van der Waals surface area contributed by atoms with E-state index in [9.17, 15) is 4.79 Å². The van der Waals surface area contributed by atoms with Crippen LogP contribution in [0.15, 0.2) is 12.7 Å². The van der Waals surface area contributed by atoms with Gasteiger partial charge >= 0.3 is 0 Å². The summed E-state index contributed by atoms with van der Waals surface area (Å²) in [6, 6.07) is 0. The van der Waals surface area contributed by atoms with E-state index in [0.29, 0.717) is 13.1 Å². The molecule has 0 bridgehead atoms. The molecule has 1 N–H and O–H groups in total. The third kappa shape index (κ3) is 8.15. The largest absolute Gasteiger partial charge is 0.345 e. The van der Waals surface area contributed by atoms with Crippen molar-refractivity contribution in [3.05, 3.63) is 12.7 Å². The van der Waals surface area contributed by atoms with Crippen molar-refractivity contribution in [2.45, 2.75) is 6.42 Å². The van der Waals surface area contributed by atoms with Crippen LogP contribution in [-0.4, -0.2) is 63.0 Å². The Labute approximate surface area is 92.9 Å². The molecular formula is C11H23N3O. The molecule has 0 unspecified atom stereocenters. The number of amides is 1. The van der Waals surface area contributed by atoms with Crippen molar-refractivity contribution in [1.82, 2.24) is 15.1 Å². The van der Waals surface area contributed by atoms with Crippen molar-refractivity contribution in [2.75, 3.05) is 47.3 Å². The number of carbonyl (C=O) groups excluding carboxylic acids is 1. The highest BCUT2D eigenvalue weighted by Gasteiger charge is 2.06. The van der Waals surface area contributed by atoms with Gasteiger partial charge in [-0.3, -0.25) is 4.79 Å². The lowest BCUT2D eigenvalue weighted by Gasteiger charge is -2.18. The lowest BCUT2D eigenvalue weighted by molar-refractivity contribution is -0.128. The molecule has 0 heterocycles. The first-order valence-electron chi connectivity index (χ1n) is 5.28. The Morgan fingerprint density at radius 1 is 1.33 bits per heavy atom. The van der Waals surface area contributed by atoms with Crippen LogP contribution in [0.5, 0.6) is 0 Å². The molecule has 4 nitrogen and oxygen atoms in total. The number of nitrogens with zero attached hydrogens (tertiary/aromatic N) is 2. The fourth-order valence-electron chi connectivity index (χ4n) is 1.16. The van der Waals surface area contributed by atoms with Crippen molar-refractivity contribution in [2.24, 2.45) is 0 Å². The Morgan fingerprint density at radius 3 is 2.53 bits per heavy atom. The Hall–Kier alpha value is -0.870. The molecule has 0 aliphatic carbocycles. The molecule has 1 amide bonds. The van der Waals surface area contributed by atoms with Gasteiger partial charge in [-0.15, -0.1) is 6.58 Å². The first-order valence-corrected chi connectivity index (χ1v) is 5.28. The van der Waals surface area contributed by atoms with Crippen LogP contribution in [0.4, 0.5) is 0 Å². The predicted molar refractivity (Wildman–Crippen MR) is 63.9 cm³/mol. The molecule has 15 heavy (non-hydrogen) atoms. The Bertz CT molecular complexity index is 192. The summed E-state index contributed by atoms with van der Waals surface area (Å²) >= 11 is 0. The quantitative estimate of drug-likeness (QED) is 0.461. The molecule has 4 heteroatoms. The molecule has 88 valence electrons. The maximum absolute atomic E-state index is 11.5. The molecule has 0 aliphatic heterocycles. The molecule has 0 aliphatic rings. The van der Waals surface area contributed by atoms with E-state index in [1.165, 1.54) is 0 Å². The highest BCUT2D eigenvalue weighted by Crippen LogP contribution is 1.89. The van der Waals surface area contributed by atoms with E-state index in [1.54, 1.807) is 11.0 Å². The van der Waals surface area contributed by atoms with Crippen molar-refractivity contribution in [3.8, 4) is 0 Å². The lowest BCUT2D eigenvalue weighted by atomic mass is 10.3. The molecule has 0 spiro atoms. The first-order chi connectivity index (χ1) is 7.07. The lowest BCUT2D eigenvalue weighted by Crippen LogP contribution is -2.36. The third-order valence-corrected chi connectivity index (χ3v) is 2.09. The summed E-state index contributed by atoms with van der Waals surface area (Å²) < 4.78 is 0. The average Bonchev–Trinajstić information content (AvgIpc) is 2.17. The van der Waals surface area contributed by atoms with Crippen LogP contribution in [-0.2, 0) is 4.79 Å². The molecular weight excluding hydrogens is 190 g/mol. The second kappa shape index (κ2) is 8.44. The van der Waals surface area contributed by atoms with Gasteiger partial charge in [0.25, 0.3) is 0 Å². The van der Waals surface area contributed by atoms with Gasteiger partial charge in [-0.1, -0.05) is 6.08 Å².